The molecule has 2 heterocycles. The van der Waals surface area contributed by atoms with Crippen LogP contribution in [0.1, 0.15) is 10.6 Å². The van der Waals surface area contributed by atoms with Crippen LogP contribution in [0.2, 0.25) is 0 Å². The van der Waals surface area contributed by atoms with E-state index >= 15 is 0 Å². The summed E-state index contributed by atoms with van der Waals surface area (Å²) in [5.74, 6) is 0.897. The van der Waals surface area contributed by atoms with Gasteiger partial charge in [-0.2, -0.15) is 0 Å². The van der Waals surface area contributed by atoms with Crippen LogP contribution in [-0.4, -0.2) is 36.3 Å². The molecular weight excluding hydrogens is 262 g/mol. The number of thiophene rings is 1. The van der Waals surface area contributed by atoms with Crippen LogP contribution in [0.15, 0.2) is 40.3 Å². The van der Waals surface area contributed by atoms with E-state index in [-0.39, 0.29) is 0 Å². The molecule has 0 amide bonds. The van der Waals surface area contributed by atoms with Crippen LogP contribution in [-0.2, 0) is 17.9 Å². The monoisotopic (exact) mass is 281 g/mol. The molecule has 0 unspecified atom stereocenters. The quantitative estimate of drug-likeness (QED) is 0.807. The molecule has 0 saturated carbocycles. The van der Waals surface area contributed by atoms with Gasteiger partial charge >= 0.3 is 0 Å². The minimum absolute atomic E-state index is 0.348. The molecular formula is C14H19NO3S. The summed E-state index contributed by atoms with van der Waals surface area (Å²) in [6.07, 6.45) is 1.17. The molecule has 1 N–H and O–H groups in total. The van der Waals surface area contributed by atoms with Crippen molar-refractivity contribution in [3.8, 4) is 0 Å². The zero-order valence-electron chi connectivity index (χ0n) is 11.0. The number of hydrogen-bond acceptors (Lipinski definition) is 5. The van der Waals surface area contributed by atoms with Crippen molar-refractivity contribution in [3.63, 3.8) is 0 Å². The Labute approximate surface area is 117 Å². The van der Waals surface area contributed by atoms with Gasteiger partial charge in [0.05, 0.1) is 32.1 Å². The van der Waals surface area contributed by atoms with Crippen LogP contribution in [0.4, 0.5) is 0 Å². The van der Waals surface area contributed by atoms with Gasteiger partial charge in [0.15, 0.2) is 0 Å². The molecule has 0 aliphatic heterocycles. The Kier molecular flexibility index (Phi) is 5.60. The van der Waals surface area contributed by atoms with E-state index in [1.54, 1.807) is 17.6 Å². The van der Waals surface area contributed by atoms with Crippen molar-refractivity contribution in [2.45, 2.75) is 19.3 Å². The van der Waals surface area contributed by atoms with Crippen LogP contribution in [0.3, 0.4) is 0 Å². The van der Waals surface area contributed by atoms with E-state index in [0.717, 1.165) is 5.76 Å². The average molecular weight is 281 g/mol. The predicted molar refractivity (Wildman–Crippen MR) is 75.0 cm³/mol. The number of aliphatic hydroxyl groups excluding tert-OH is 1. The van der Waals surface area contributed by atoms with Gasteiger partial charge in [0, 0.05) is 11.4 Å². The van der Waals surface area contributed by atoms with E-state index in [1.807, 2.05) is 41.6 Å². The number of furan rings is 1. The van der Waals surface area contributed by atoms with Crippen molar-refractivity contribution in [2.75, 3.05) is 20.2 Å². The maximum Gasteiger partial charge on any atom is 0.117 e. The van der Waals surface area contributed by atoms with Gasteiger partial charge in [0.25, 0.3) is 0 Å². The highest BCUT2D eigenvalue weighted by Gasteiger charge is 2.10. The number of nitrogens with zero attached hydrogens (tertiary/aromatic N) is 1. The lowest BCUT2D eigenvalue weighted by Gasteiger charge is -2.19. The number of rotatable bonds is 8. The maximum atomic E-state index is 9.88. The summed E-state index contributed by atoms with van der Waals surface area (Å²) in [4.78, 5) is 3.19. The van der Waals surface area contributed by atoms with Crippen molar-refractivity contribution in [1.29, 1.82) is 0 Å². The van der Waals surface area contributed by atoms with Crippen molar-refractivity contribution >= 4 is 11.3 Å². The first kappa shape index (κ1) is 14.3. The molecule has 0 aliphatic carbocycles. The van der Waals surface area contributed by atoms with E-state index in [2.05, 4.69) is 0 Å². The normalized spacial score (nSPS) is 13.0. The molecule has 0 aromatic carbocycles. The molecule has 0 bridgehead atoms. The number of aliphatic hydroxyl groups is 1. The lowest BCUT2D eigenvalue weighted by molar-refractivity contribution is 0.0128. The fourth-order valence-corrected chi connectivity index (χ4v) is 2.48. The van der Waals surface area contributed by atoms with E-state index in [9.17, 15) is 5.11 Å². The molecule has 2 rings (SSSR count). The second-order valence-electron chi connectivity index (χ2n) is 4.52. The third-order valence-corrected chi connectivity index (χ3v) is 3.51. The SMILES string of the molecule is CN(Cc1ccco1)C[C@@H](O)COCc1cccs1. The summed E-state index contributed by atoms with van der Waals surface area (Å²) in [5.41, 5.74) is 0. The summed E-state index contributed by atoms with van der Waals surface area (Å²) in [7, 11) is 1.95. The molecule has 19 heavy (non-hydrogen) atoms. The zero-order chi connectivity index (χ0) is 13.5. The third-order valence-electron chi connectivity index (χ3n) is 2.66. The largest absolute Gasteiger partial charge is 0.468 e. The van der Waals surface area contributed by atoms with E-state index in [0.29, 0.717) is 26.3 Å². The Morgan fingerprint density at radius 3 is 3.00 bits per heavy atom. The van der Waals surface area contributed by atoms with Gasteiger partial charge < -0.3 is 14.3 Å². The molecule has 2 aromatic heterocycles. The Balaban J connectivity index is 1.62. The predicted octanol–water partition coefficient (Wildman–Crippen LogP) is 2.35. The Morgan fingerprint density at radius 1 is 1.42 bits per heavy atom. The summed E-state index contributed by atoms with van der Waals surface area (Å²) in [5, 5.41) is 11.9. The second kappa shape index (κ2) is 7.45. The number of likely N-dealkylation sites (N-methyl/N-ethyl adjacent to an activating group) is 1. The van der Waals surface area contributed by atoms with Gasteiger partial charge in [-0.1, -0.05) is 6.07 Å². The highest BCUT2D eigenvalue weighted by atomic mass is 32.1. The first-order chi connectivity index (χ1) is 9.24. The van der Waals surface area contributed by atoms with Crippen LogP contribution in [0.5, 0.6) is 0 Å². The molecule has 5 heteroatoms. The number of ether oxygens (including phenoxy) is 1. The van der Waals surface area contributed by atoms with Gasteiger partial charge in [0.1, 0.15) is 5.76 Å². The van der Waals surface area contributed by atoms with Crippen molar-refractivity contribution in [3.05, 3.63) is 46.5 Å². The van der Waals surface area contributed by atoms with Gasteiger partial charge in [-0.15, -0.1) is 11.3 Å². The molecule has 0 fully saturated rings. The van der Waals surface area contributed by atoms with Gasteiger partial charge in [-0.05, 0) is 30.6 Å². The summed E-state index contributed by atoms with van der Waals surface area (Å²) in [6.45, 7) is 2.16. The fraction of sp³-hybridized carbons (Fsp3) is 0.429. The van der Waals surface area contributed by atoms with Gasteiger partial charge in [0.2, 0.25) is 0 Å². The molecule has 0 saturated heterocycles. The Morgan fingerprint density at radius 2 is 2.32 bits per heavy atom. The van der Waals surface area contributed by atoms with E-state index < -0.39 is 6.10 Å². The maximum absolute atomic E-state index is 9.88. The zero-order valence-corrected chi connectivity index (χ0v) is 11.8. The highest BCUT2D eigenvalue weighted by Crippen LogP contribution is 2.10. The minimum atomic E-state index is -0.486. The van der Waals surface area contributed by atoms with Crippen molar-refractivity contribution < 1.29 is 14.3 Å². The second-order valence-corrected chi connectivity index (χ2v) is 5.56. The number of hydrogen-bond donors (Lipinski definition) is 1. The summed E-state index contributed by atoms with van der Waals surface area (Å²) >= 11 is 1.66. The molecule has 0 radical (unpaired) electrons. The van der Waals surface area contributed by atoms with Crippen LogP contribution in [0.25, 0.3) is 0 Å². The first-order valence-corrected chi connectivity index (χ1v) is 7.11. The van der Waals surface area contributed by atoms with Crippen LogP contribution >= 0.6 is 11.3 Å². The van der Waals surface area contributed by atoms with Crippen LogP contribution in [0, 0.1) is 0 Å². The lowest BCUT2D eigenvalue weighted by atomic mass is 10.3. The van der Waals surface area contributed by atoms with E-state index in [1.165, 1.54) is 4.88 Å². The average Bonchev–Trinajstić information content (AvgIpc) is 3.01. The molecule has 104 valence electrons. The lowest BCUT2D eigenvalue weighted by Crippen LogP contribution is -2.31. The molecule has 0 spiro atoms. The molecule has 0 aliphatic rings. The van der Waals surface area contributed by atoms with Gasteiger partial charge in [-0.3, -0.25) is 4.90 Å². The Bertz CT molecular complexity index is 441. The Hall–Kier alpha value is -1.14. The smallest absolute Gasteiger partial charge is 0.117 e. The first-order valence-electron chi connectivity index (χ1n) is 6.23. The summed E-state index contributed by atoms with van der Waals surface area (Å²) in [6, 6.07) is 7.82. The molecule has 1 atom stereocenters. The van der Waals surface area contributed by atoms with Gasteiger partial charge in [-0.25, -0.2) is 0 Å². The summed E-state index contributed by atoms with van der Waals surface area (Å²) < 4.78 is 10.7. The van der Waals surface area contributed by atoms with Crippen LogP contribution < -0.4 is 0 Å². The highest BCUT2D eigenvalue weighted by molar-refractivity contribution is 7.09. The molecule has 2 aromatic rings. The van der Waals surface area contributed by atoms with Crippen molar-refractivity contribution in [2.24, 2.45) is 0 Å². The topological polar surface area (TPSA) is 45.8 Å². The fourth-order valence-electron chi connectivity index (χ4n) is 1.84. The molecule has 4 nitrogen and oxygen atoms in total. The third kappa shape index (κ3) is 5.16. The van der Waals surface area contributed by atoms with E-state index in [4.69, 9.17) is 9.15 Å². The van der Waals surface area contributed by atoms with Crippen molar-refractivity contribution in [1.82, 2.24) is 4.90 Å². The minimum Gasteiger partial charge on any atom is -0.468 e. The standard InChI is InChI=1S/C14H19NO3S/c1-15(9-13-4-2-6-18-13)8-12(16)10-17-11-14-5-3-7-19-14/h2-7,12,16H,8-11H2,1H3/t12-/m1/s1.